The van der Waals surface area contributed by atoms with Gasteiger partial charge in [0.1, 0.15) is 12.4 Å². The molecular weight excluding hydrogens is 307 g/mol. The molecule has 1 atom stereocenters. The van der Waals surface area contributed by atoms with E-state index in [0.717, 1.165) is 17.7 Å². The number of nitrogens with zero attached hydrogens (tertiary/aromatic N) is 2. The van der Waals surface area contributed by atoms with E-state index in [9.17, 15) is 14.0 Å². The quantitative estimate of drug-likeness (QED) is 0.869. The zero-order valence-electron chi connectivity index (χ0n) is 13.7. The van der Waals surface area contributed by atoms with E-state index >= 15 is 0 Å². The fourth-order valence-corrected chi connectivity index (χ4v) is 3.16. The van der Waals surface area contributed by atoms with Crippen LogP contribution in [0.1, 0.15) is 19.4 Å². The SMILES string of the molecule is CC(=O)N(CC(=O)N1c2ccccc2CC1C)c1ccc(F)cc1. The highest BCUT2D eigenvalue weighted by Gasteiger charge is 2.31. The van der Waals surface area contributed by atoms with Gasteiger partial charge in [0.05, 0.1) is 0 Å². The van der Waals surface area contributed by atoms with Gasteiger partial charge < -0.3 is 9.80 Å². The monoisotopic (exact) mass is 326 g/mol. The second-order valence-corrected chi connectivity index (χ2v) is 6.03. The number of hydrogen-bond acceptors (Lipinski definition) is 2. The van der Waals surface area contributed by atoms with E-state index in [0.29, 0.717) is 5.69 Å². The van der Waals surface area contributed by atoms with Crippen molar-refractivity contribution in [3.05, 3.63) is 59.9 Å². The lowest BCUT2D eigenvalue weighted by Gasteiger charge is -2.27. The first kappa shape index (κ1) is 16.2. The molecule has 0 spiro atoms. The summed E-state index contributed by atoms with van der Waals surface area (Å²) >= 11 is 0. The molecule has 1 unspecified atom stereocenters. The van der Waals surface area contributed by atoms with Crippen molar-refractivity contribution < 1.29 is 14.0 Å². The normalized spacial score (nSPS) is 16.0. The number of anilines is 2. The molecule has 1 aliphatic rings. The van der Waals surface area contributed by atoms with E-state index in [-0.39, 0.29) is 30.2 Å². The number of benzene rings is 2. The van der Waals surface area contributed by atoms with Crippen molar-refractivity contribution in [2.75, 3.05) is 16.3 Å². The summed E-state index contributed by atoms with van der Waals surface area (Å²) in [5.74, 6) is -0.780. The number of fused-ring (bicyclic) bond motifs is 1. The molecule has 4 nitrogen and oxygen atoms in total. The summed E-state index contributed by atoms with van der Waals surface area (Å²) in [6, 6.07) is 13.4. The Morgan fingerprint density at radius 3 is 2.50 bits per heavy atom. The number of rotatable bonds is 3. The summed E-state index contributed by atoms with van der Waals surface area (Å²) in [4.78, 5) is 27.9. The minimum Gasteiger partial charge on any atom is -0.307 e. The highest BCUT2D eigenvalue weighted by molar-refractivity contribution is 6.04. The first-order valence-corrected chi connectivity index (χ1v) is 7.91. The van der Waals surface area contributed by atoms with Crippen molar-refractivity contribution in [1.29, 1.82) is 0 Å². The molecule has 2 amide bonds. The van der Waals surface area contributed by atoms with Crippen LogP contribution in [0.2, 0.25) is 0 Å². The van der Waals surface area contributed by atoms with Gasteiger partial charge in [0.15, 0.2) is 0 Å². The Morgan fingerprint density at radius 1 is 1.17 bits per heavy atom. The summed E-state index contributed by atoms with van der Waals surface area (Å²) in [7, 11) is 0. The highest BCUT2D eigenvalue weighted by Crippen LogP contribution is 2.32. The minimum absolute atomic E-state index is 0.0527. The van der Waals surface area contributed by atoms with Gasteiger partial charge >= 0.3 is 0 Å². The van der Waals surface area contributed by atoms with Gasteiger partial charge in [-0.3, -0.25) is 9.59 Å². The molecule has 2 aromatic rings. The molecule has 3 rings (SSSR count). The molecule has 124 valence electrons. The van der Waals surface area contributed by atoms with Crippen LogP contribution in [-0.4, -0.2) is 24.4 Å². The van der Waals surface area contributed by atoms with Gasteiger partial charge in [-0.25, -0.2) is 4.39 Å². The van der Waals surface area contributed by atoms with Crippen LogP contribution in [0.5, 0.6) is 0 Å². The third kappa shape index (κ3) is 3.02. The van der Waals surface area contributed by atoms with Crippen molar-refractivity contribution in [1.82, 2.24) is 0 Å². The second-order valence-electron chi connectivity index (χ2n) is 6.03. The molecule has 0 aliphatic carbocycles. The van der Waals surface area contributed by atoms with Crippen LogP contribution in [-0.2, 0) is 16.0 Å². The lowest BCUT2D eigenvalue weighted by atomic mass is 10.1. The van der Waals surface area contributed by atoms with E-state index in [4.69, 9.17) is 0 Å². The van der Waals surface area contributed by atoms with Gasteiger partial charge in [0.2, 0.25) is 11.8 Å². The summed E-state index contributed by atoms with van der Waals surface area (Å²) in [5, 5.41) is 0. The molecule has 0 bridgehead atoms. The number of halogens is 1. The number of carbonyl (C=O) groups excluding carboxylic acids is 2. The number of hydrogen-bond donors (Lipinski definition) is 0. The molecule has 0 aromatic heterocycles. The molecule has 0 N–H and O–H groups in total. The molecule has 0 saturated carbocycles. The lowest BCUT2D eigenvalue weighted by Crippen LogP contribution is -2.44. The molecule has 0 radical (unpaired) electrons. The Hall–Kier alpha value is -2.69. The summed E-state index contributed by atoms with van der Waals surface area (Å²) in [6.45, 7) is 3.32. The van der Waals surface area contributed by atoms with Crippen molar-refractivity contribution >= 4 is 23.2 Å². The van der Waals surface area contributed by atoms with E-state index in [1.165, 1.54) is 36.1 Å². The summed E-state index contributed by atoms with van der Waals surface area (Å²) in [6.07, 6.45) is 0.804. The number of amides is 2. The predicted molar refractivity (Wildman–Crippen MR) is 91.5 cm³/mol. The Labute approximate surface area is 140 Å². The Bertz CT molecular complexity index is 773. The van der Waals surface area contributed by atoms with Crippen LogP contribution in [0.25, 0.3) is 0 Å². The first-order valence-electron chi connectivity index (χ1n) is 7.91. The average Bonchev–Trinajstić information content (AvgIpc) is 2.89. The topological polar surface area (TPSA) is 40.6 Å². The minimum atomic E-state index is -0.379. The van der Waals surface area contributed by atoms with E-state index in [1.54, 1.807) is 4.90 Å². The van der Waals surface area contributed by atoms with E-state index < -0.39 is 0 Å². The third-order valence-corrected chi connectivity index (χ3v) is 4.29. The smallest absolute Gasteiger partial charge is 0.247 e. The van der Waals surface area contributed by atoms with Crippen LogP contribution >= 0.6 is 0 Å². The van der Waals surface area contributed by atoms with Crippen LogP contribution < -0.4 is 9.80 Å². The summed E-state index contributed by atoms with van der Waals surface area (Å²) < 4.78 is 13.1. The van der Waals surface area contributed by atoms with Crippen molar-refractivity contribution in [2.45, 2.75) is 26.3 Å². The zero-order chi connectivity index (χ0) is 17.3. The molecule has 0 saturated heterocycles. The van der Waals surface area contributed by atoms with E-state index in [2.05, 4.69) is 0 Å². The van der Waals surface area contributed by atoms with Gasteiger partial charge in [-0.2, -0.15) is 0 Å². The largest absolute Gasteiger partial charge is 0.307 e. The maximum Gasteiger partial charge on any atom is 0.247 e. The van der Waals surface area contributed by atoms with Gasteiger partial charge in [0.25, 0.3) is 0 Å². The van der Waals surface area contributed by atoms with Crippen LogP contribution in [0, 0.1) is 5.82 Å². The van der Waals surface area contributed by atoms with Crippen molar-refractivity contribution in [2.24, 2.45) is 0 Å². The molecular formula is C19H19FN2O2. The van der Waals surface area contributed by atoms with Gasteiger partial charge in [-0.1, -0.05) is 18.2 Å². The number of para-hydroxylation sites is 1. The van der Waals surface area contributed by atoms with Crippen LogP contribution in [0.15, 0.2) is 48.5 Å². The standard InChI is InChI=1S/C19H19FN2O2/c1-13-11-15-5-3-4-6-18(15)22(13)19(24)12-21(14(2)23)17-9-7-16(20)8-10-17/h3-10,13H,11-12H2,1-2H3. The van der Waals surface area contributed by atoms with Gasteiger partial charge in [-0.15, -0.1) is 0 Å². The van der Waals surface area contributed by atoms with Gasteiger partial charge in [0, 0.05) is 24.3 Å². The molecule has 1 heterocycles. The fourth-order valence-electron chi connectivity index (χ4n) is 3.16. The molecule has 1 aliphatic heterocycles. The molecule has 24 heavy (non-hydrogen) atoms. The van der Waals surface area contributed by atoms with E-state index in [1.807, 2.05) is 31.2 Å². The zero-order valence-corrected chi connectivity index (χ0v) is 13.7. The third-order valence-electron chi connectivity index (χ3n) is 4.29. The Morgan fingerprint density at radius 2 is 1.83 bits per heavy atom. The Kier molecular flexibility index (Phi) is 4.34. The van der Waals surface area contributed by atoms with Crippen LogP contribution in [0.3, 0.4) is 0 Å². The van der Waals surface area contributed by atoms with Crippen LogP contribution in [0.4, 0.5) is 15.8 Å². The number of carbonyl (C=O) groups is 2. The molecule has 2 aromatic carbocycles. The lowest BCUT2D eigenvalue weighted by molar-refractivity contribution is -0.121. The molecule has 5 heteroatoms. The Balaban J connectivity index is 1.84. The second kappa shape index (κ2) is 6.43. The molecule has 0 fully saturated rings. The van der Waals surface area contributed by atoms with Crippen molar-refractivity contribution in [3.8, 4) is 0 Å². The fraction of sp³-hybridized carbons (Fsp3) is 0.263. The maximum absolute atomic E-state index is 13.1. The van der Waals surface area contributed by atoms with Crippen molar-refractivity contribution in [3.63, 3.8) is 0 Å². The predicted octanol–water partition coefficient (Wildman–Crippen LogP) is 3.16. The average molecular weight is 326 g/mol. The van der Waals surface area contributed by atoms with Gasteiger partial charge in [-0.05, 0) is 49.2 Å². The summed E-state index contributed by atoms with van der Waals surface area (Å²) in [5.41, 5.74) is 2.55. The first-order chi connectivity index (χ1) is 11.5. The highest BCUT2D eigenvalue weighted by atomic mass is 19.1. The maximum atomic E-state index is 13.1.